The van der Waals surface area contributed by atoms with Crippen molar-refractivity contribution in [1.29, 1.82) is 5.41 Å². The Morgan fingerprint density at radius 1 is 1.38 bits per heavy atom. The summed E-state index contributed by atoms with van der Waals surface area (Å²) in [7, 11) is 0. The fourth-order valence-corrected chi connectivity index (χ4v) is 2.97. The molecule has 0 saturated carbocycles. The normalized spacial score (nSPS) is 11.6. The fraction of sp³-hybridized carbons (Fsp3) is 0.412. The van der Waals surface area contributed by atoms with Gasteiger partial charge in [0.25, 0.3) is 6.43 Å². The van der Waals surface area contributed by atoms with E-state index in [0.29, 0.717) is 5.75 Å². The summed E-state index contributed by atoms with van der Waals surface area (Å²) < 4.78 is 43.6. The lowest BCUT2D eigenvalue weighted by molar-refractivity contribution is -0.124. The van der Waals surface area contributed by atoms with Crippen molar-refractivity contribution >= 4 is 29.2 Å². The largest absolute Gasteiger partial charge is 0.390 e. The molecule has 1 heterocycles. The van der Waals surface area contributed by atoms with Crippen LogP contribution in [0.15, 0.2) is 27.9 Å². The van der Waals surface area contributed by atoms with Crippen LogP contribution in [0.3, 0.4) is 0 Å². The second-order valence-electron chi connectivity index (χ2n) is 6.64. The van der Waals surface area contributed by atoms with Crippen molar-refractivity contribution in [2.75, 3.05) is 17.6 Å². The number of halogens is 3. The third-order valence-corrected chi connectivity index (χ3v) is 4.40. The number of nitrogens with zero attached hydrogens (tertiary/aromatic N) is 2. The van der Waals surface area contributed by atoms with Crippen molar-refractivity contribution in [3.05, 3.63) is 35.3 Å². The molecular weight excluding hydrogens is 411 g/mol. The monoisotopic (exact) mass is 431 g/mol. The first-order chi connectivity index (χ1) is 13.6. The zero-order chi connectivity index (χ0) is 21.6. The number of carbonyl (C=O) groups excluding carboxylic acids is 1. The molecule has 4 N–H and O–H groups in total. The van der Waals surface area contributed by atoms with Gasteiger partial charge in [-0.05, 0) is 42.4 Å². The van der Waals surface area contributed by atoms with Gasteiger partial charge >= 0.3 is 0 Å². The average molecular weight is 431 g/mol. The molecule has 29 heavy (non-hydrogen) atoms. The van der Waals surface area contributed by atoms with Gasteiger partial charge in [0.05, 0.1) is 17.6 Å². The molecule has 0 fully saturated rings. The molecule has 0 bridgehead atoms. The minimum atomic E-state index is -2.99. The molecule has 0 saturated heterocycles. The zero-order valence-electron chi connectivity index (χ0n) is 15.6. The van der Waals surface area contributed by atoms with Gasteiger partial charge in [-0.1, -0.05) is 11.8 Å². The lowest BCUT2D eigenvalue weighted by atomic mass is 10.1. The Labute approximate surface area is 168 Å². The first-order valence-corrected chi connectivity index (χ1v) is 9.43. The quantitative estimate of drug-likeness (QED) is 0.208. The molecule has 2 rings (SSSR count). The van der Waals surface area contributed by atoms with Gasteiger partial charge in [0.2, 0.25) is 5.91 Å². The molecule has 0 aliphatic rings. The number of anilines is 1. The SMILES string of the molecule is CC(C)(O)CC(=O)NCCSc1nonc1C(=N)Nc1ccc(F)c(C(F)F)c1. The number of alkyl halides is 2. The van der Waals surface area contributed by atoms with Gasteiger partial charge in [-0.3, -0.25) is 10.2 Å². The number of aliphatic hydroxyl groups is 1. The van der Waals surface area contributed by atoms with Crippen LogP contribution in [-0.2, 0) is 4.79 Å². The lowest BCUT2D eigenvalue weighted by Crippen LogP contribution is -2.33. The smallest absolute Gasteiger partial charge is 0.266 e. The molecule has 0 aliphatic heterocycles. The fourth-order valence-electron chi connectivity index (χ4n) is 2.21. The van der Waals surface area contributed by atoms with Crippen molar-refractivity contribution in [1.82, 2.24) is 15.6 Å². The molecule has 1 amide bonds. The number of benzene rings is 1. The van der Waals surface area contributed by atoms with Crippen molar-refractivity contribution in [2.45, 2.75) is 37.3 Å². The van der Waals surface area contributed by atoms with E-state index in [-0.39, 0.29) is 41.1 Å². The van der Waals surface area contributed by atoms with Crippen LogP contribution >= 0.6 is 11.8 Å². The molecule has 2 aromatic rings. The van der Waals surface area contributed by atoms with Crippen LogP contribution in [0.1, 0.15) is 38.0 Å². The predicted octanol–water partition coefficient (Wildman–Crippen LogP) is 2.95. The number of nitrogens with one attached hydrogen (secondary N) is 3. The van der Waals surface area contributed by atoms with E-state index in [1.54, 1.807) is 0 Å². The highest BCUT2D eigenvalue weighted by atomic mass is 32.2. The number of carbonyl (C=O) groups is 1. The molecule has 0 atom stereocenters. The Bertz CT molecular complexity index is 870. The van der Waals surface area contributed by atoms with Crippen LogP contribution in [0.4, 0.5) is 18.9 Å². The van der Waals surface area contributed by atoms with Gasteiger partial charge in [-0.25, -0.2) is 17.8 Å². The van der Waals surface area contributed by atoms with Crippen molar-refractivity contribution < 1.29 is 27.7 Å². The average Bonchev–Trinajstić information content (AvgIpc) is 3.07. The van der Waals surface area contributed by atoms with Gasteiger partial charge in [-0.2, -0.15) is 0 Å². The van der Waals surface area contributed by atoms with Crippen molar-refractivity contribution in [2.24, 2.45) is 0 Å². The van der Waals surface area contributed by atoms with Crippen LogP contribution in [0.5, 0.6) is 0 Å². The Hall–Kier alpha value is -2.60. The van der Waals surface area contributed by atoms with E-state index >= 15 is 0 Å². The maximum atomic E-state index is 13.4. The van der Waals surface area contributed by atoms with E-state index < -0.39 is 23.4 Å². The van der Waals surface area contributed by atoms with Gasteiger partial charge in [-0.15, -0.1) is 0 Å². The number of rotatable bonds is 9. The molecule has 0 aliphatic carbocycles. The topological polar surface area (TPSA) is 124 Å². The van der Waals surface area contributed by atoms with Crippen molar-refractivity contribution in [3.8, 4) is 0 Å². The zero-order valence-corrected chi connectivity index (χ0v) is 16.4. The predicted molar refractivity (Wildman–Crippen MR) is 101 cm³/mol. The summed E-state index contributed by atoms with van der Waals surface area (Å²) in [4.78, 5) is 11.6. The third-order valence-electron chi connectivity index (χ3n) is 3.45. The summed E-state index contributed by atoms with van der Waals surface area (Å²) in [5.41, 5.74) is -1.76. The first-order valence-electron chi connectivity index (χ1n) is 8.45. The number of hydrogen-bond donors (Lipinski definition) is 4. The number of thioether (sulfide) groups is 1. The minimum absolute atomic E-state index is 0.0404. The highest BCUT2D eigenvalue weighted by Gasteiger charge is 2.19. The number of amides is 1. The Morgan fingerprint density at radius 3 is 2.76 bits per heavy atom. The summed E-state index contributed by atoms with van der Waals surface area (Å²) in [6, 6.07) is 3.01. The Kier molecular flexibility index (Phi) is 7.62. The summed E-state index contributed by atoms with van der Waals surface area (Å²) in [5.74, 6) is -1.23. The maximum Gasteiger partial charge on any atom is 0.266 e. The number of hydrogen-bond acceptors (Lipinski definition) is 7. The Morgan fingerprint density at radius 2 is 2.10 bits per heavy atom. The molecule has 1 aromatic heterocycles. The van der Waals surface area contributed by atoms with E-state index in [1.165, 1.54) is 19.9 Å². The standard InChI is InChI=1S/C17H20F3N5O3S/c1-17(2,27)8-12(26)22-5-6-29-16-13(24-28-25-16)15(21)23-9-3-4-11(18)10(7-9)14(19)20/h3-4,7,14,27H,5-6,8H2,1-2H3,(H2,21,23)(H,22,26). The molecule has 0 spiro atoms. The van der Waals surface area contributed by atoms with Gasteiger partial charge in [0.15, 0.2) is 16.6 Å². The highest BCUT2D eigenvalue weighted by Crippen LogP contribution is 2.26. The minimum Gasteiger partial charge on any atom is -0.390 e. The third kappa shape index (κ3) is 7.06. The van der Waals surface area contributed by atoms with Crippen LogP contribution < -0.4 is 10.6 Å². The van der Waals surface area contributed by atoms with E-state index in [9.17, 15) is 23.1 Å². The molecule has 0 radical (unpaired) electrons. The van der Waals surface area contributed by atoms with Crippen LogP contribution in [0, 0.1) is 11.2 Å². The van der Waals surface area contributed by atoms with E-state index in [0.717, 1.165) is 23.9 Å². The van der Waals surface area contributed by atoms with Gasteiger partial charge in [0.1, 0.15) is 5.82 Å². The van der Waals surface area contributed by atoms with Crippen LogP contribution in [0.25, 0.3) is 0 Å². The molecule has 12 heteroatoms. The van der Waals surface area contributed by atoms with Crippen LogP contribution in [-0.4, -0.2) is 45.1 Å². The molecule has 0 unspecified atom stereocenters. The second-order valence-corrected chi connectivity index (χ2v) is 7.73. The van der Waals surface area contributed by atoms with E-state index in [1.807, 2.05) is 0 Å². The van der Waals surface area contributed by atoms with Gasteiger partial charge < -0.3 is 15.7 Å². The summed E-state index contributed by atoms with van der Waals surface area (Å²) in [6.45, 7) is 3.33. The second kappa shape index (κ2) is 9.74. The van der Waals surface area contributed by atoms with Crippen LogP contribution in [0.2, 0.25) is 0 Å². The summed E-state index contributed by atoms with van der Waals surface area (Å²) in [6.07, 6.45) is -3.03. The number of amidine groups is 1. The first kappa shape index (κ1) is 22.7. The number of aromatic nitrogens is 2. The van der Waals surface area contributed by atoms with E-state index in [4.69, 9.17) is 5.41 Å². The van der Waals surface area contributed by atoms with E-state index in [2.05, 4.69) is 25.6 Å². The molecule has 1 aromatic carbocycles. The summed E-state index contributed by atoms with van der Waals surface area (Å²) in [5, 5.41) is 30.4. The molecular formula is C17H20F3N5O3S. The lowest BCUT2D eigenvalue weighted by Gasteiger charge is -2.16. The highest BCUT2D eigenvalue weighted by molar-refractivity contribution is 7.99. The maximum absolute atomic E-state index is 13.4. The van der Waals surface area contributed by atoms with Gasteiger partial charge in [0, 0.05) is 18.0 Å². The molecule has 8 nitrogen and oxygen atoms in total. The van der Waals surface area contributed by atoms with Crippen molar-refractivity contribution in [3.63, 3.8) is 0 Å². The summed E-state index contributed by atoms with van der Waals surface area (Å²) >= 11 is 1.16. The Balaban J connectivity index is 1.92. The molecule has 158 valence electrons.